The molecule has 1 N–H and O–H groups in total. The second-order valence-corrected chi connectivity index (χ2v) is 9.33. The van der Waals surface area contributed by atoms with E-state index in [1.807, 2.05) is 12.3 Å². The Bertz CT molecular complexity index is 1090. The molecule has 0 amide bonds. The molecule has 2 saturated heterocycles. The summed E-state index contributed by atoms with van der Waals surface area (Å²) in [4.78, 5) is 16.9. The van der Waals surface area contributed by atoms with E-state index in [-0.39, 0.29) is 0 Å². The van der Waals surface area contributed by atoms with Crippen LogP contribution >= 0.6 is 0 Å². The summed E-state index contributed by atoms with van der Waals surface area (Å²) in [6.07, 6.45) is 6.36. The Morgan fingerprint density at radius 1 is 1.06 bits per heavy atom. The van der Waals surface area contributed by atoms with Crippen molar-refractivity contribution in [2.75, 3.05) is 63.1 Å². The van der Waals surface area contributed by atoms with Gasteiger partial charge >= 0.3 is 0 Å². The molecule has 6 heteroatoms. The zero-order valence-corrected chi connectivity index (χ0v) is 19.6. The summed E-state index contributed by atoms with van der Waals surface area (Å²) >= 11 is 0. The molecule has 33 heavy (non-hydrogen) atoms. The van der Waals surface area contributed by atoms with Gasteiger partial charge in [-0.3, -0.25) is 4.90 Å². The molecule has 1 aromatic heterocycles. The summed E-state index contributed by atoms with van der Waals surface area (Å²) in [6.45, 7) is 11.4. The minimum Gasteiger partial charge on any atom is -0.369 e. The van der Waals surface area contributed by atoms with E-state index in [2.05, 4.69) is 81.1 Å². The molecule has 2 aliphatic heterocycles. The van der Waals surface area contributed by atoms with E-state index in [1.165, 1.54) is 24.1 Å². The third-order valence-electron chi connectivity index (χ3n) is 6.97. The van der Waals surface area contributed by atoms with Gasteiger partial charge in [0.05, 0.1) is 5.52 Å². The minimum atomic E-state index is 0.494. The molecule has 3 aromatic rings. The van der Waals surface area contributed by atoms with Crippen LogP contribution < -0.4 is 10.2 Å². The van der Waals surface area contributed by atoms with Gasteiger partial charge in [0.15, 0.2) is 0 Å². The molecule has 1 atom stereocenters. The summed E-state index contributed by atoms with van der Waals surface area (Å²) in [7, 11) is 2.19. The number of hydrogen-bond acceptors (Lipinski definition) is 6. The number of likely N-dealkylation sites (tertiary alicyclic amines) is 1. The van der Waals surface area contributed by atoms with Crippen LogP contribution in [0.15, 0.2) is 61.3 Å². The highest BCUT2D eigenvalue weighted by molar-refractivity contribution is 5.83. The Hall–Kier alpha value is -2.96. The number of anilines is 3. The third kappa shape index (κ3) is 5.02. The molecule has 5 rings (SSSR count). The van der Waals surface area contributed by atoms with Crippen LogP contribution in [0.2, 0.25) is 0 Å². The molecule has 0 unspecified atom stereocenters. The Labute approximate surface area is 196 Å². The summed E-state index contributed by atoms with van der Waals surface area (Å²) in [5, 5.41) is 4.52. The van der Waals surface area contributed by atoms with Crippen molar-refractivity contribution in [2.24, 2.45) is 0 Å². The van der Waals surface area contributed by atoms with E-state index in [0.717, 1.165) is 62.4 Å². The van der Waals surface area contributed by atoms with Gasteiger partial charge in [0.2, 0.25) is 5.95 Å². The van der Waals surface area contributed by atoms with Crippen LogP contribution in [0.1, 0.15) is 24.3 Å². The van der Waals surface area contributed by atoms with Crippen molar-refractivity contribution >= 4 is 28.2 Å². The first-order chi connectivity index (χ1) is 16.2. The summed E-state index contributed by atoms with van der Waals surface area (Å²) in [5.41, 5.74) is 4.68. The molecule has 172 valence electrons. The van der Waals surface area contributed by atoms with Crippen molar-refractivity contribution in [2.45, 2.75) is 18.8 Å². The molecule has 0 radical (unpaired) electrons. The first kappa shape index (κ1) is 21.9. The predicted octanol–water partition coefficient (Wildman–Crippen LogP) is 4.49. The number of hydrogen-bond donors (Lipinski definition) is 1. The number of benzene rings is 2. The standard InChI is InChI=1S/C27H34N6/c1-3-13-32-14-5-7-22(20-32)25-8-4-6-21-19-28-27(30-26(21)25)29-23-9-11-24(12-10-23)33-17-15-31(2)16-18-33/h3-4,6,8-12,19,22H,1,5,7,13-18,20H2,2H3,(H,28,29,30)/t22-/m0/s1. The van der Waals surface area contributed by atoms with Gasteiger partial charge in [0, 0.05) is 62.2 Å². The highest BCUT2D eigenvalue weighted by Gasteiger charge is 2.23. The van der Waals surface area contributed by atoms with Crippen molar-refractivity contribution in [1.29, 1.82) is 0 Å². The molecule has 0 bridgehead atoms. The number of nitrogens with zero attached hydrogens (tertiary/aromatic N) is 5. The van der Waals surface area contributed by atoms with Crippen LogP contribution in [0.5, 0.6) is 0 Å². The van der Waals surface area contributed by atoms with Gasteiger partial charge < -0.3 is 15.1 Å². The zero-order valence-electron chi connectivity index (χ0n) is 19.6. The SMILES string of the molecule is C=CCN1CCC[C@H](c2cccc3cnc(Nc4ccc(N5CCN(C)CC5)cc4)nc23)C1. The van der Waals surface area contributed by atoms with E-state index in [0.29, 0.717) is 11.9 Å². The van der Waals surface area contributed by atoms with Crippen molar-refractivity contribution in [3.63, 3.8) is 0 Å². The molecule has 2 aliphatic rings. The largest absolute Gasteiger partial charge is 0.369 e. The maximum absolute atomic E-state index is 4.96. The Kier molecular flexibility index (Phi) is 6.55. The molecule has 2 aromatic carbocycles. The highest BCUT2D eigenvalue weighted by Crippen LogP contribution is 2.32. The van der Waals surface area contributed by atoms with Crippen LogP contribution in [0.25, 0.3) is 10.9 Å². The number of rotatable bonds is 6. The van der Waals surface area contributed by atoms with Crippen molar-refractivity contribution in [3.8, 4) is 0 Å². The number of aromatic nitrogens is 2. The van der Waals surface area contributed by atoms with E-state index in [1.54, 1.807) is 0 Å². The second-order valence-electron chi connectivity index (χ2n) is 9.33. The lowest BCUT2D eigenvalue weighted by atomic mass is 9.89. The summed E-state index contributed by atoms with van der Waals surface area (Å²) in [5.74, 6) is 1.15. The molecule has 0 saturated carbocycles. The topological polar surface area (TPSA) is 47.5 Å². The van der Waals surface area contributed by atoms with Crippen LogP contribution in [0, 0.1) is 0 Å². The maximum atomic E-state index is 4.96. The Balaban J connectivity index is 1.34. The molecular formula is C27H34N6. The monoisotopic (exact) mass is 442 g/mol. The normalized spacial score (nSPS) is 20.2. The molecule has 6 nitrogen and oxygen atoms in total. The zero-order chi connectivity index (χ0) is 22.6. The lowest BCUT2D eigenvalue weighted by Crippen LogP contribution is -2.44. The highest BCUT2D eigenvalue weighted by atomic mass is 15.2. The molecular weight excluding hydrogens is 408 g/mol. The number of likely N-dealkylation sites (N-methyl/N-ethyl adjacent to an activating group) is 1. The lowest BCUT2D eigenvalue weighted by Gasteiger charge is -2.34. The number of para-hydroxylation sites is 1. The van der Waals surface area contributed by atoms with Crippen LogP contribution in [0.3, 0.4) is 0 Å². The van der Waals surface area contributed by atoms with Crippen molar-refractivity contribution < 1.29 is 0 Å². The van der Waals surface area contributed by atoms with Gasteiger partial charge in [-0.05, 0) is 62.2 Å². The smallest absolute Gasteiger partial charge is 0.227 e. The molecule has 0 aliphatic carbocycles. The van der Waals surface area contributed by atoms with Gasteiger partial charge in [-0.15, -0.1) is 6.58 Å². The predicted molar refractivity (Wildman–Crippen MR) is 138 cm³/mol. The molecule has 2 fully saturated rings. The average Bonchev–Trinajstić information content (AvgIpc) is 2.85. The van der Waals surface area contributed by atoms with E-state index in [9.17, 15) is 0 Å². The van der Waals surface area contributed by atoms with Gasteiger partial charge in [0.1, 0.15) is 0 Å². The lowest BCUT2D eigenvalue weighted by molar-refractivity contribution is 0.228. The molecule has 0 spiro atoms. The van der Waals surface area contributed by atoms with Crippen LogP contribution in [-0.2, 0) is 0 Å². The first-order valence-electron chi connectivity index (χ1n) is 12.1. The van der Waals surface area contributed by atoms with Gasteiger partial charge in [-0.25, -0.2) is 9.97 Å². The van der Waals surface area contributed by atoms with Crippen molar-refractivity contribution in [1.82, 2.24) is 19.8 Å². The second kappa shape index (κ2) is 9.89. The quantitative estimate of drug-likeness (QED) is 0.568. The molecule has 3 heterocycles. The fourth-order valence-electron chi connectivity index (χ4n) is 5.08. The average molecular weight is 443 g/mol. The van der Waals surface area contributed by atoms with E-state index < -0.39 is 0 Å². The van der Waals surface area contributed by atoms with Crippen LogP contribution in [0.4, 0.5) is 17.3 Å². The van der Waals surface area contributed by atoms with Gasteiger partial charge in [-0.1, -0.05) is 24.3 Å². The maximum Gasteiger partial charge on any atom is 0.227 e. The number of nitrogens with one attached hydrogen (secondary N) is 1. The van der Waals surface area contributed by atoms with Crippen molar-refractivity contribution in [3.05, 3.63) is 66.9 Å². The van der Waals surface area contributed by atoms with Gasteiger partial charge in [0.25, 0.3) is 0 Å². The Morgan fingerprint density at radius 2 is 1.88 bits per heavy atom. The fourth-order valence-corrected chi connectivity index (χ4v) is 5.08. The van der Waals surface area contributed by atoms with E-state index in [4.69, 9.17) is 4.98 Å². The minimum absolute atomic E-state index is 0.494. The first-order valence-corrected chi connectivity index (χ1v) is 12.1. The van der Waals surface area contributed by atoms with Crippen LogP contribution in [-0.4, -0.2) is 72.6 Å². The third-order valence-corrected chi connectivity index (χ3v) is 6.97. The Morgan fingerprint density at radius 3 is 2.67 bits per heavy atom. The number of piperazine rings is 1. The summed E-state index contributed by atoms with van der Waals surface area (Å²) < 4.78 is 0. The van der Waals surface area contributed by atoms with Gasteiger partial charge in [-0.2, -0.15) is 0 Å². The number of piperidine rings is 1. The number of fused-ring (bicyclic) bond motifs is 1. The summed E-state index contributed by atoms with van der Waals surface area (Å²) in [6, 6.07) is 15.1. The fraction of sp³-hybridized carbons (Fsp3) is 0.407. The van der Waals surface area contributed by atoms with E-state index >= 15 is 0 Å².